The SMILES string of the molecule is CNC(C)(C#N)CCCCOc1c(F)cccc1F. The average Bonchev–Trinajstić information content (AvgIpc) is 2.41. The molecule has 0 aromatic heterocycles. The minimum atomic E-state index is -0.697. The molecule has 1 aromatic carbocycles. The standard InChI is InChI=1S/C14H18F2N2O/c1-14(10-17,18-2)8-3-4-9-19-13-11(15)6-5-7-12(13)16/h5-7,18H,3-4,8-9H2,1-2H3. The second-order valence-electron chi connectivity index (χ2n) is 4.55. The van der Waals surface area contributed by atoms with E-state index in [0.717, 1.165) is 18.6 Å². The number of ether oxygens (including phenoxy) is 1. The Morgan fingerprint density at radius 3 is 2.47 bits per heavy atom. The van der Waals surface area contributed by atoms with E-state index in [4.69, 9.17) is 10.00 Å². The van der Waals surface area contributed by atoms with Gasteiger partial charge < -0.3 is 10.1 Å². The Bertz CT molecular complexity index is 439. The van der Waals surface area contributed by atoms with Crippen LogP contribution in [0.3, 0.4) is 0 Å². The lowest BCUT2D eigenvalue weighted by atomic mass is 9.97. The van der Waals surface area contributed by atoms with E-state index >= 15 is 0 Å². The zero-order chi connectivity index (χ0) is 14.3. The average molecular weight is 268 g/mol. The highest BCUT2D eigenvalue weighted by Crippen LogP contribution is 2.21. The zero-order valence-corrected chi connectivity index (χ0v) is 11.2. The van der Waals surface area contributed by atoms with Gasteiger partial charge in [-0.15, -0.1) is 0 Å². The molecular weight excluding hydrogens is 250 g/mol. The number of nitrogens with zero attached hydrogens (tertiary/aromatic N) is 1. The molecule has 1 N–H and O–H groups in total. The van der Waals surface area contributed by atoms with Gasteiger partial charge in [-0.2, -0.15) is 5.26 Å². The molecule has 19 heavy (non-hydrogen) atoms. The highest BCUT2D eigenvalue weighted by Gasteiger charge is 2.20. The smallest absolute Gasteiger partial charge is 0.190 e. The van der Waals surface area contributed by atoms with E-state index in [1.54, 1.807) is 7.05 Å². The van der Waals surface area contributed by atoms with Crippen molar-refractivity contribution in [1.82, 2.24) is 5.32 Å². The topological polar surface area (TPSA) is 45.0 Å². The van der Waals surface area contributed by atoms with Gasteiger partial charge in [0.05, 0.1) is 12.7 Å². The first kappa shape index (κ1) is 15.4. The lowest BCUT2D eigenvalue weighted by Crippen LogP contribution is -2.37. The molecule has 1 atom stereocenters. The third kappa shape index (κ3) is 4.49. The summed E-state index contributed by atoms with van der Waals surface area (Å²) in [4.78, 5) is 0. The Labute approximate surface area is 112 Å². The fourth-order valence-corrected chi connectivity index (χ4v) is 1.61. The summed E-state index contributed by atoms with van der Waals surface area (Å²) in [6.45, 7) is 2.04. The molecule has 3 nitrogen and oxygen atoms in total. The molecule has 1 aromatic rings. The molecule has 0 saturated carbocycles. The molecule has 0 radical (unpaired) electrons. The molecule has 0 heterocycles. The summed E-state index contributed by atoms with van der Waals surface area (Å²) in [7, 11) is 1.73. The van der Waals surface area contributed by atoms with E-state index in [2.05, 4.69) is 11.4 Å². The second-order valence-corrected chi connectivity index (χ2v) is 4.55. The first-order valence-corrected chi connectivity index (χ1v) is 6.19. The minimum absolute atomic E-state index is 0.225. The molecular formula is C14H18F2N2O. The summed E-state index contributed by atoms with van der Waals surface area (Å²) in [6.07, 6.45) is 2.02. The monoisotopic (exact) mass is 268 g/mol. The van der Waals surface area contributed by atoms with Crippen LogP contribution in [0.5, 0.6) is 5.75 Å². The first-order valence-electron chi connectivity index (χ1n) is 6.19. The maximum atomic E-state index is 13.2. The number of hydrogen-bond donors (Lipinski definition) is 1. The lowest BCUT2D eigenvalue weighted by Gasteiger charge is -2.20. The van der Waals surface area contributed by atoms with Gasteiger partial charge in [-0.1, -0.05) is 6.07 Å². The van der Waals surface area contributed by atoms with Crippen molar-refractivity contribution in [3.05, 3.63) is 29.8 Å². The molecule has 0 aliphatic heterocycles. The quantitative estimate of drug-likeness (QED) is 0.773. The van der Waals surface area contributed by atoms with E-state index < -0.39 is 17.2 Å². The van der Waals surface area contributed by atoms with Crippen molar-refractivity contribution in [2.75, 3.05) is 13.7 Å². The van der Waals surface area contributed by atoms with Gasteiger partial charge in [-0.3, -0.25) is 0 Å². The fraction of sp³-hybridized carbons (Fsp3) is 0.500. The van der Waals surface area contributed by atoms with Crippen LogP contribution in [0.15, 0.2) is 18.2 Å². The molecule has 1 rings (SSSR count). The van der Waals surface area contributed by atoms with Gasteiger partial charge in [0.1, 0.15) is 5.54 Å². The van der Waals surface area contributed by atoms with E-state index in [-0.39, 0.29) is 12.4 Å². The maximum Gasteiger partial charge on any atom is 0.190 e. The van der Waals surface area contributed by atoms with Gasteiger partial charge in [0, 0.05) is 0 Å². The second kappa shape index (κ2) is 7.05. The van der Waals surface area contributed by atoms with Crippen LogP contribution >= 0.6 is 0 Å². The van der Waals surface area contributed by atoms with E-state index in [1.807, 2.05) is 6.92 Å². The third-order valence-corrected chi connectivity index (χ3v) is 3.03. The van der Waals surface area contributed by atoms with Crippen molar-refractivity contribution < 1.29 is 13.5 Å². The van der Waals surface area contributed by atoms with Gasteiger partial charge in [0.2, 0.25) is 0 Å². The number of para-hydroxylation sites is 1. The molecule has 0 spiro atoms. The maximum absolute atomic E-state index is 13.2. The van der Waals surface area contributed by atoms with Gasteiger partial charge in [0.25, 0.3) is 0 Å². The number of benzene rings is 1. The molecule has 1 unspecified atom stereocenters. The number of halogens is 2. The number of rotatable bonds is 7. The van der Waals surface area contributed by atoms with E-state index in [1.165, 1.54) is 6.07 Å². The molecule has 0 aliphatic carbocycles. The molecule has 0 fully saturated rings. The van der Waals surface area contributed by atoms with Crippen LogP contribution < -0.4 is 10.1 Å². The molecule has 0 bridgehead atoms. The fourth-order valence-electron chi connectivity index (χ4n) is 1.61. The van der Waals surface area contributed by atoms with Crippen molar-refractivity contribution in [2.24, 2.45) is 0 Å². The number of hydrogen-bond acceptors (Lipinski definition) is 3. The minimum Gasteiger partial charge on any atom is -0.488 e. The summed E-state index contributed by atoms with van der Waals surface area (Å²) in [6, 6.07) is 5.80. The summed E-state index contributed by atoms with van der Waals surface area (Å²) < 4.78 is 31.6. The third-order valence-electron chi connectivity index (χ3n) is 3.03. The van der Waals surface area contributed by atoms with Crippen LogP contribution in [0.1, 0.15) is 26.2 Å². The molecule has 0 saturated heterocycles. The Morgan fingerprint density at radius 1 is 1.32 bits per heavy atom. The van der Waals surface area contributed by atoms with Crippen LogP contribution in [0.4, 0.5) is 8.78 Å². The number of unbranched alkanes of at least 4 members (excludes halogenated alkanes) is 1. The molecule has 5 heteroatoms. The predicted octanol–water partition coefficient (Wildman–Crippen LogP) is 3.02. The van der Waals surface area contributed by atoms with Crippen molar-refractivity contribution >= 4 is 0 Å². The molecule has 0 amide bonds. The summed E-state index contributed by atoms with van der Waals surface area (Å²) >= 11 is 0. The Morgan fingerprint density at radius 2 is 1.95 bits per heavy atom. The Balaban J connectivity index is 2.34. The van der Waals surface area contributed by atoms with Gasteiger partial charge in [0.15, 0.2) is 17.4 Å². The normalized spacial score (nSPS) is 13.6. The van der Waals surface area contributed by atoms with Crippen molar-refractivity contribution in [3.8, 4) is 11.8 Å². The van der Waals surface area contributed by atoms with Gasteiger partial charge in [-0.05, 0) is 45.4 Å². The lowest BCUT2D eigenvalue weighted by molar-refractivity contribution is 0.270. The van der Waals surface area contributed by atoms with Crippen molar-refractivity contribution in [3.63, 3.8) is 0 Å². The van der Waals surface area contributed by atoms with Crippen LogP contribution in [-0.2, 0) is 0 Å². The van der Waals surface area contributed by atoms with Gasteiger partial charge in [-0.25, -0.2) is 8.78 Å². The number of nitrogens with one attached hydrogen (secondary N) is 1. The van der Waals surface area contributed by atoms with E-state index in [0.29, 0.717) is 12.8 Å². The first-order chi connectivity index (χ1) is 9.02. The van der Waals surface area contributed by atoms with Crippen LogP contribution in [-0.4, -0.2) is 19.2 Å². The van der Waals surface area contributed by atoms with Crippen molar-refractivity contribution in [1.29, 1.82) is 5.26 Å². The number of nitriles is 1. The predicted molar refractivity (Wildman–Crippen MR) is 68.8 cm³/mol. The van der Waals surface area contributed by atoms with Crippen LogP contribution in [0.25, 0.3) is 0 Å². The van der Waals surface area contributed by atoms with Crippen molar-refractivity contribution in [2.45, 2.75) is 31.7 Å². The van der Waals surface area contributed by atoms with Gasteiger partial charge >= 0.3 is 0 Å². The summed E-state index contributed by atoms with van der Waals surface area (Å²) in [5.41, 5.74) is -0.566. The Hall–Kier alpha value is -1.67. The molecule has 104 valence electrons. The van der Waals surface area contributed by atoms with E-state index in [9.17, 15) is 8.78 Å². The zero-order valence-electron chi connectivity index (χ0n) is 11.2. The summed E-state index contributed by atoms with van der Waals surface area (Å²) in [5.74, 6) is -1.73. The van der Waals surface area contributed by atoms with Crippen LogP contribution in [0.2, 0.25) is 0 Å². The Kier molecular flexibility index (Phi) is 5.71. The van der Waals surface area contributed by atoms with Crippen LogP contribution in [0, 0.1) is 23.0 Å². The molecule has 0 aliphatic rings. The summed E-state index contributed by atoms with van der Waals surface area (Å²) in [5, 5.41) is 11.9. The largest absolute Gasteiger partial charge is 0.488 e. The highest BCUT2D eigenvalue weighted by molar-refractivity contribution is 5.25. The highest BCUT2D eigenvalue weighted by atomic mass is 19.1.